The molecule has 8 heteroatoms. The first kappa shape index (κ1) is 19.8. The molecule has 0 spiro atoms. The van der Waals surface area contributed by atoms with Gasteiger partial charge in [0.2, 0.25) is 0 Å². The Hall–Kier alpha value is -3.00. The zero-order valence-electron chi connectivity index (χ0n) is 15.9. The Morgan fingerprint density at radius 3 is 2.39 bits per heavy atom. The number of imide groups is 1. The molecule has 2 heterocycles. The molecule has 1 aliphatic rings. The number of hydrogen-bond donors (Lipinski definition) is 2. The maximum atomic E-state index is 12.6. The highest BCUT2D eigenvalue weighted by Gasteiger charge is 2.34. The van der Waals surface area contributed by atoms with Crippen LogP contribution >= 0.6 is 0 Å². The fourth-order valence-electron chi connectivity index (χ4n) is 3.34. The molecule has 8 nitrogen and oxygen atoms in total. The molecule has 0 radical (unpaired) electrons. The minimum Gasteiger partial charge on any atom is -0.363 e. The summed E-state index contributed by atoms with van der Waals surface area (Å²) in [7, 11) is 0. The number of amides is 2. The molecule has 1 unspecified atom stereocenters. The minimum absolute atomic E-state index is 0.0967. The molecular weight excluding hydrogens is 358 g/mol. The third kappa shape index (κ3) is 3.96. The zero-order valence-corrected chi connectivity index (χ0v) is 15.9. The molecule has 0 bridgehead atoms. The van der Waals surface area contributed by atoms with Gasteiger partial charge in [-0.3, -0.25) is 19.3 Å². The number of anilines is 1. The van der Waals surface area contributed by atoms with Crippen molar-refractivity contribution in [2.24, 2.45) is 5.73 Å². The smallest absolute Gasteiger partial charge is 0.293 e. The van der Waals surface area contributed by atoms with Crippen molar-refractivity contribution in [1.29, 1.82) is 0 Å². The maximum absolute atomic E-state index is 12.6. The Kier molecular flexibility index (Phi) is 6.20. The Morgan fingerprint density at radius 1 is 1.11 bits per heavy atom. The van der Waals surface area contributed by atoms with Gasteiger partial charge in [0.15, 0.2) is 5.82 Å². The minimum atomic E-state index is -0.280. The van der Waals surface area contributed by atoms with Gasteiger partial charge in [0.1, 0.15) is 0 Å². The predicted octanol–water partition coefficient (Wildman–Crippen LogP) is 1.47. The quantitative estimate of drug-likeness (QED) is 0.635. The Morgan fingerprint density at radius 2 is 1.79 bits per heavy atom. The summed E-state index contributed by atoms with van der Waals surface area (Å²) in [4.78, 5) is 42.8. The summed E-state index contributed by atoms with van der Waals surface area (Å²) in [6.45, 7) is 3.20. The van der Waals surface area contributed by atoms with Crippen LogP contribution in [0, 0.1) is 0 Å². The lowest BCUT2D eigenvalue weighted by molar-refractivity contribution is 0.0650. The molecule has 0 fully saturated rings. The summed E-state index contributed by atoms with van der Waals surface area (Å²) in [6, 6.07) is 6.90. The fraction of sp³-hybridized carbons (Fsp3) is 0.400. The average molecular weight is 383 g/mol. The zero-order chi connectivity index (χ0) is 20.1. The van der Waals surface area contributed by atoms with E-state index in [-0.39, 0.29) is 30.0 Å². The first-order valence-corrected chi connectivity index (χ1v) is 9.54. The van der Waals surface area contributed by atoms with Crippen molar-refractivity contribution >= 4 is 17.6 Å². The molecule has 1 aromatic carbocycles. The molecule has 0 aliphatic carbocycles. The lowest BCUT2D eigenvalue weighted by Gasteiger charge is -2.17. The lowest BCUT2D eigenvalue weighted by Crippen LogP contribution is -2.33. The van der Waals surface area contributed by atoms with E-state index < -0.39 is 0 Å². The van der Waals surface area contributed by atoms with Crippen molar-refractivity contribution in [1.82, 2.24) is 14.5 Å². The molecule has 2 aromatic rings. The third-order valence-electron chi connectivity index (χ3n) is 4.92. The van der Waals surface area contributed by atoms with Gasteiger partial charge in [-0.25, -0.2) is 4.98 Å². The maximum Gasteiger partial charge on any atom is 0.293 e. The van der Waals surface area contributed by atoms with Gasteiger partial charge in [0.25, 0.3) is 17.4 Å². The van der Waals surface area contributed by atoms with Gasteiger partial charge in [0.05, 0.1) is 11.1 Å². The van der Waals surface area contributed by atoms with Crippen LogP contribution in [-0.2, 0) is 6.54 Å². The largest absolute Gasteiger partial charge is 0.363 e. The van der Waals surface area contributed by atoms with Crippen LogP contribution in [0.25, 0.3) is 0 Å². The second-order valence-corrected chi connectivity index (χ2v) is 6.76. The van der Waals surface area contributed by atoms with Crippen LogP contribution in [0.5, 0.6) is 0 Å². The van der Waals surface area contributed by atoms with E-state index in [1.807, 2.05) is 6.92 Å². The molecule has 3 rings (SSSR count). The van der Waals surface area contributed by atoms with Crippen LogP contribution in [0.3, 0.4) is 0 Å². The van der Waals surface area contributed by atoms with E-state index in [1.54, 1.807) is 41.2 Å². The Balaban J connectivity index is 1.63. The molecule has 148 valence electrons. The number of hydrogen-bond acceptors (Lipinski definition) is 6. The van der Waals surface area contributed by atoms with Gasteiger partial charge in [-0.1, -0.05) is 19.1 Å². The summed E-state index contributed by atoms with van der Waals surface area (Å²) in [5, 5.41) is 3.15. The summed E-state index contributed by atoms with van der Waals surface area (Å²) >= 11 is 0. The number of carbonyl (C=O) groups excluding carboxylic acids is 2. The third-order valence-corrected chi connectivity index (χ3v) is 4.92. The van der Waals surface area contributed by atoms with E-state index >= 15 is 0 Å². The molecule has 0 saturated carbocycles. The van der Waals surface area contributed by atoms with Gasteiger partial charge in [-0.2, -0.15) is 0 Å². The van der Waals surface area contributed by atoms with Crippen LogP contribution in [0.15, 0.2) is 41.5 Å². The Labute approximate surface area is 163 Å². The summed E-state index contributed by atoms with van der Waals surface area (Å²) in [6.07, 6.45) is 5.26. The van der Waals surface area contributed by atoms with Crippen LogP contribution in [-0.4, -0.2) is 45.4 Å². The van der Waals surface area contributed by atoms with Crippen molar-refractivity contribution in [2.45, 2.75) is 38.8 Å². The van der Waals surface area contributed by atoms with E-state index in [4.69, 9.17) is 5.73 Å². The van der Waals surface area contributed by atoms with Gasteiger partial charge < -0.3 is 15.6 Å². The SMILES string of the molecule is CCC(CCN)Nc1nccn(CCCN2C(=O)c3ccccc3C2=O)c1=O. The van der Waals surface area contributed by atoms with Gasteiger partial charge in [0, 0.05) is 31.5 Å². The number of rotatable bonds is 9. The number of aryl methyl sites for hydroxylation is 1. The molecular formula is C20H25N5O3. The molecule has 28 heavy (non-hydrogen) atoms. The molecule has 1 aromatic heterocycles. The summed E-state index contributed by atoms with van der Waals surface area (Å²) in [5.74, 6) is -0.265. The number of fused-ring (bicyclic) bond motifs is 1. The fourth-order valence-corrected chi connectivity index (χ4v) is 3.34. The first-order chi connectivity index (χ1) is 13.6. The standard InChI is InChI=1S/C20H25N5O3/c1-2-14(8-9-21)23-17-20(28)24(13-10-22-17)11-5-12-25-18(26)15-6-3-4-7-16(15)19(25)27/h3-4,6-7,10,13-14H,2,5,8-9,11-12,21H2,1H3,(H,22,23). The van der Waals surface area contributed by atoms with Crippen LogP contribution in [0.4, 0.5) is 5.82 Å². The van der Waals surface area contributed by atoms with Crippen molar-refractivity contribution in [3.05, 3.63) is 58.1 Å². The normalized spacial score (nSPS) is 14.3. The van der Waals surface area contributed by atoms with Crippen LogP contribution in [0.2, 0.25) is 0 Å². The highest BCUT2D eigenvalue weighted by Crippen LogP contribution is 2.22. The van der Waals surface area contributed by atoms with Crippen molar-refractivity contribution in [3.8, 4) is 0 Å². The number of nitrogens with one attached hydrogen (secondary N) is 1. The second-order valence-electron chi connectivity index (χ2n) is 6.76. The molecule has 1 aliphatic heterocycles. The number of aromatic nitrogens is 2. The topological polar surface area (TPSA) is 110 Å². The predicted molar refractivity (Wildman–Crippen MR) is 106 cm³/mol. The lowest BCUT2D eigenvalue weighted by atomic mass is 10.1. The van der Waals surface area contributed by atoms with Crippen LogP contribution < -0.4 is 16.6 Å². The van der Waals surface area contributed by atoms with Crippen LogP contribution in [0.1, 0.15) is 46.9 Å². The second kappa shape index (κ2) is 8.79. The molecule has 3 N–H and O–H groups in total. The van der Waals surface area contributed by atoms with E-state index in [0.717, 1.165) is 12.8 Å². The van der Waals surface area contributed by atoms with Gasteiger partial charge >= 0.3 is 0 Å². The monoisotopic (exact) mass is 383 g/mol. The van der Waals surface area contributed by atoms with Gasteiger partial charge in [-0.05, 0) is 37.9 Å². The Bertz CT molecular complexity index is 889. The number of nitrogens with two attached hydrogens (primary N) is 1. The molecule has 1 atom stereocenters. The average Bonchev–Trinajstić information content (AvgIpc) is 2.95. The number of benzene rings is 1. The first-order valence-electron chi connectivity index (χ1n) is 9.54. The number of nitrogens with zero attached hydrogens (tertiary/aromatic N) is 3. The highest BCUT2D eigenvalue weighted by atomic mass is 16.2. The van der Waals surface area contributed by atoms with E-state index in [2.05, 4.69) is 10.3 Å². The van der Waals surface area contributed by atoms with Crippen molar-refractivity contribution < 1.29 is 9.59 Å². The van der Waals surface area contributed by atoms with Crippen molar-refractivity contribution in [3.63, 3.8) is 0 Å². The summed E-state index contributed by atoms with van der Waals surface area (Å²) in [5.41, 5.74) is 6.25. The van der Waals surface area contributed by atoms with E-state index in [0.29, 0.717) is 36.5 Å². The molecule has 2 amide bonds. The highest BCUT2D eigenvalue weighted by molar-refractivity contribution is 6.21. The number of carbonyl (C=O) groups is 2. The summed E-state index contributed by atoms with van der Waals surface area (Å²) < 4.78 is 1.54. The van der Waals surface area contributed by atoms with Gasteiger partial charge in [-0.15, -0.1) is 0 Å². The van der Waals surface area contributed by atoms with E-state index in [1.165, 1.54) is 4.90 Å². The molecule has 0 saturated heterocycles. The van der Waals surface area contributed by atoms with E-state index in [9.17, 15) is 14.4 Å². The van der Waals surface area contributed by atoms with Crippen molar-refractivity contribution in [2.75, 3.05) is 18.4 Å².